The number of para-hydroxylation sites is 1. The second-order valence-corrected chi connectivity index (χ2v) is 7.24. The zero-order valence-corrected chi connectivity index (χ0v) is 17.7. The van der Waals surface area contributed by atoms with E-state index in [4.69, 9.17) is 26.8 Å². The third kappa shape index (κ3) is 4.00. The number of nitrogens with zero attached hydrogens (tertiary/aromatic N) is 2. The fraction of sp³-hybridized carbons (Fsp3) is 0.167. The van der Waals surface area contributed by atoms with Gasteiger partial charge in [-0.15, -0.1) is 0 Å². The van der Waals surface area contributed by atoms with E-state index >= 15 is 0 Å². The van der Waals surface area contributed by atoms with Crippen LogP contribution in [0.4, 0.5) is 5.69 Å². The van der Waals surface area contributed by atoms with E-state index < -0.39 is 0 Å². The first-order valence-corrected chi connectivity index (χ1v) is 10.1. The smallest absolute Gasteiger partial charge is 0.194 e. The number of hydrazone groups is 1. The van der Waals surface area contributed by atoms with Gasteiger partial charge < -0.3 is 14.8 Å². The molecule has 1 aliphatic heterocycles. The summed E-state index contributed by atoms with van der Waals surface area (Å²) in [5, 5.41) is 10.6. The van der Waals surface area contributed by atoms with Crippen LogP contribution >= 0.6 is 12.2 Å². The van der Waals surface area contributed by atoms with Crippen molar-refractivity contribution in [2.75, 3.05) is 19.5 Å². The van der Waals surface area contributed by atoms with Gasteiger partial charge in [-0.2, -0.15) is 5.10 Å². The van der Waals surface area contributed by atoms with Crippen molar-refractivity contribution in [3.8, 4) is 11.5 Å². The molecule has 0 radical (unpaired) electrons. The van der Waals surface area contributed by atoms with Crippen LogP contribution in [0.2, 0.25) is 0 Å². The first-order chi connectivity index (χ1) is 14.7. The second kappa shape index (κ2) is 8.97. The maximum Gasteiger partial charge on any atom is 0.194 e. The fourth-order valence-corrected chi connectivity index (χ4v) is 3.92. The van der Waals surface area contributed by atoms with E-state index in [1.54, 1.807) is 14.2 Å². The molecule has 30 heavy (non-hydrogen) atoms. The van der Waals surface area contributed by atoms with Crippen LogP contribution < -0.4 is 14.8 Å². The van der Waals surface area contributed by atoms with Gasteiger partial charge in [0.2, 0.25) is 0 Å². The predicted molar refractivity (Wildman–Crippen MR) is 124 cm³/mol. The van der Waals surface area contributed by atoms with E-state index in [2.05, 4.69) is 17.4 Å². The molecule has 0 saturated carbocycles. The quantitative estimate of drug-likeness (QED) is 0.575. The van der Waals surface area contributed by atoms with Crippen molar-refractivity contribution >= 4 is 28.7 Å². The highest BCUT2D eigenvalue weighted by atomic mass is 32.1. The highest BCUT2D eigenvalue weighted by Crippen LogP contribution is 2.42. The van der Waals surface area contributed by atoms with E-state index in [0.29, 0.717) is 11.5 Å². The van der Waals surface area contributed by atoms with Gasteiger partial charge in [-0.3, -0.25) is 0 Å². The lowest BCUT2D eigenvalue weighted by Gasteiger charge is -2.27. The number of hydrogen-bond acceptors (Lipinski definition) is 4. The number of hydrogen-bond donors (Lipinski definition) is 1. The Labute approximate surface area is 181 Å². The van der Waals surface area contributed by atoms with Crippen LogP contribution in [-0.2, 0) is 0 Å². The summed E-state index contributed by atoms with van der Waals surface area (Å²) in [6.07, 6.45) is 0.678. The summed E-state index contributed by atoms with van der Waals surface area (Å²) in [5.74, 6) is 1.49. The Bertz CT molecular complexity index is 1030. The molecule has 3 aromatic rings. The van der Waals surface area contributed by atoms with Gasteiger partial charge in [-0.25, -0.2) is 5.01 Å². The number of ether oxygens (including phenoxy) is 2. The Balaban J connectivity index is 1.74. The minimum Gasteiger partial charge on any atom is -0.496 e. The van der Waals surface area contributed by atoms with Crippen molar-refractivity contribution in [3.63, 3.8) is 0 Å². The van der Waals surface area contributed by atoms with Gasteiger partial charge in [0.25, 0.3) is 0 Å². The van der Waals surface area contributed by atoms with Crippen molar-refractivity contribution in [3.05, 3.63) is 90.0 Å². The Kier molecular flexibility index (Phi) is 5.95. The monoisotopic (exact) mass is 417 g/mol. The minimum absolute atomic E-state index is 0.157. The van der Waals surface area contributed by atoms with Gasteiger partial charge in [-0.05, 0) is 42.0 Å². The third-order valence-electron chi connectivity index (χ3n) is 5.05. The minimum atomic E-state index is -0.157. The maximum absolute atomic E-state index is 5.76. The summed E-state index contributed by atoms with van der Waals surface area (Å²) >= 11 is 5.76. The van der Waals surface area contributed by atoms with Gasteiger partial charge >= 0.3 is 0 Å². The van der Waals surface area contributed by atoms with Crippen LogP contribution in [0.25, 0.3) is 0 Å². The van der Waals surface area contributed by atoms with Crippen LogP contribution in [0, 0.1) is 0 Å². The van der Waals surface area contributed by atoms with Crippen LogP contribution in [0.5, 0.6) is 11.5 Å². The second-order valence-electron chi connectivity index (χ2n) is 6.85. The van der Waals surface area contributed by atoms with Crippen molar-refractivity contribution < 1.29 is 9.47 Å². The lowest BCUT2D eigenvalue weighted by molar-refractivity contribution is 0.329. The molecule has 0 bridgehead atoms. The summed E-state index contributed by atoms with van der Waals surface area (Å²) in [4.78, 5) is 0. The van der Waals surface area contributed by atoms with E-state index in [9.17, 15) is 0 Å². The van der Waals surface area contributed by atoms with E-state index in [-0.39, 0.29) is 6.04 Å². The maximum atomic E-state index is 5.76. The van der Waals surface area contributed by atoms with E-state index in [1.807, 2.05) is 71.7 Å². The normalized spacial score (nSPS) is 15.5. The van der Waals surface area contributed by atoms with Crippen molar-refractivity contribution in [1.82, 2.24) is 5.01 Å². The molecule has 1 unspecified atom stereocenters. The molecule has 1 aliphatic rings. The topological polar surface area (TPSA) is 46.1 Å². The first kappa shape index (κ1) is 19.9. The molecule has 1 atom stereocenters. The van der Waals surface area contributed by atoms with Gasteiger partial charge in [-0.1, -0.05) is 54.6 Å². The molecule has 5 nitrogen and oxygen atoms in total. The number of nitrogens with one attached hydrogen (secondary N) is 1. The van der Waals surface area contributed by atoms with Crippen LogP contribution in [0.15, 0.2) is 84.0 Å². The molecular formula is C24H23N3O2S. The summed E-state index contributed by atoms with van der Waals surface area (Å²) in [6, 6.07) is 25.6. The lowest BCUT2D eigenvalue weighted by Crippen LogP contribution is -2.31. The van der Waals surface area contributed by atoms with Gasteiger partial charge in [0.1, 0.15) is 11.5 Å². The van der Waals surface area contributed by atoms with Crippen molar-refractivity contribution in [1.29, 1.82) is 0 Å². The van der Waals surface area contributed by atoms with Crippen LogP contribution in [0.3, 0.4) is 0 Å². The molecule has 0 amide bonds. The highest BCUT2D eigenvalue weighted by Gasteiger charge is 2.35. The van der Waals surface area contributed by atoms with Gasteiger partial charge in [0.15, 0.2) is 5.11 Å². The molecule has 1 heterocycles. The summed E-state index contributed by atoms with van der Waals surface area (Å²) in [5.41, 5.74) is 3.87. The molecule has 1 N–H and O–H groups in total. The Morgan fingerprint density at radius 3 is 2.10 bits per heavy atom. The number of anilines is 1. The van der Waals surface area contributed by atoms with Gasteiger partial charge in [0.05, 0.1) is 31.5 Å². The first-order valence-electron chi connectivity index (χ1n) is 9.70. The molecule has 0 aromatic heterocycles. The SMILES string of the molecule is COc1cccc(OC)c1C1CC(c2ccccc2)=NN1C(=S)Nc1ccccc1. The zero-order chi connectivity index (χ0) is 20.9. The number of methoxy groups -OCH3 is 2. The van der Waals surface area contributed by atoms with Crippen molar-refractivity contribution in [2.24, 2.45) is 5.10 Å². The number of benzene rings is 3. The predicted octanol–water partition coefficient (Wildman–Crippen LogP) is 5.25. The zero-order valence-electron chi connectivity index (χ0n) is 16.9. The van der Waals surface area contributed by atoms with Gasteiger partial charge in [0, 0.05) is 12.1 Å². The van der Waals surface area contributed by atoms with Crippen molar-refractivity contribution in [2.45, 2.75) is 12.5 Å². The molecular weight excluding hydrogens is 394 g/mol. The van der Waals surface area contributed by atoms with E-state index in [1.165, 1.54) is 0 Å². The van der Waals surface area contributed by atoms with E-state index in [0.717, 1.165) is 34.0 Å². The number of thiocarbonyl (C=S) groups is 1. The average molecular weight is 418 g/mol. The van der Waals surface area contributed by atoms with Crippen LogP contribution in [0.1, 0.15) is 23.6 Å². The summed E-state index contributed by atoms with van der Waals surface area (Å²) < 4.78 is 11.3. The average Bonchev–Trinajstić information content (AvgIpc) is 3.25. The molecule has 0 fully saturated rings. The molecule has 152 valence electrons. The molecule has 0 saturated heterocycles. The Hall–Kier alpha value is -3.38. The largest absolute Gasteiger partial charge is 0.496 e. The van der Waals surface area contributed by atoms with Crippen LogP contribution in [-0.4, -0.2) is 30.1 Å². The molecule has 4 rings (SSSR count). The fourth-order valence-electron chi connectivity index (χ4n) is 3.64. The molecule has 0 aliphatic carbocycles. The summed E-state index contributed by atoms with van der Waals surface area (Å²) in [6.45, 7) is 0. The highest BCUT2D eigenvalue weighted by molar-refractivity contribution is 7.80. The number of rotatable bonds is 5. The molecule has 0 spiro atoms. The molecule has 3 aromatic carbocycles. The third-order valence-corrected chi connectivity index (χ3v) is 5.34. The molecule has 6 heteroatoms. The lowest BCUT2D eigenvalue weighted by atomic mass is 9.97. The summed E-state index contributed by atoms with van der Waals surface area (Å²) in [7, 11) is 3.33. The Morgan fingerprint density at radius 2 is 1.50 bits per heavy atom. The Morgan fingerprint density at radius 1 is 0.900 bits per heavy atom. The standard InChI is InChI=1S/C24H23N3O2S/c1-28-21-14-9-15-22(29-2)23(21)20-16-19(17-10-5-3-6-11-17)26-27(20)24(30)25-18-12-7-4-8-13-18/h3-15,20H,16H2,1-2H3,(H,25,30).